The Morgan fingerprint density at radius 1 is 1.19 bits per heavy atom. The molecule has 0 N–H and O–H groups in total. The van der Waals surface area contributed by atoms with Crippen LogP contribution in [-0.4, -0.2) is 34.4 Å². The zero-order valence-electron chi connectivity index (χ0n) is 15.4. The van der Waals surface area contributed by atoms with Gasteiger partial charge in [-0.25, -0.2) is 9.97 Å². The van der Waals surface area contributed by atoms with Crippen molar-refractivity contribution in [1.29, 1.82) is 0 Å². The molecule has 1 aromatic carbocycles. The average molecular weight is 391 g/mol. The molecule has 5 nitrogen and oxygen atoms in total. The molecule has 0 saturated heterocycles. The fourth-order valence-electron chi connectivity index (χ4n) is 2.97. The van der Waals surface area contributed by atoms with Gasteiger partial charge in [0.15, 0.2) is 0 Å². The van der Waals surface area contributed by atoms with E-state index in [0.717, 1.165) is 27.0 Å². The van der Waals surface area contributed by atoms with Gasteiger partial charge in [0.05, 0.1) is 4.88 Å². The summed E-state index contributed by atoms with van der Waals surface area (Å²) in [5.41, 5.74) is 2.56. The summed E-state index contributed by atoms with van der Waals surface area (Å²) >= 11 is 1.36. The molecule has 0 saturated carbocycles. The largest absolute Gasteiger partial charge is 0.435 e. The summed E-state index contributed by atoms with van der Waals surface area (Å²) in [7, 11) is 1.71. The molecule has 0 aliphatic heterocycles. The number of alkyl halides is 2. The van der Waals surface area contributed by atoms with E-state index in [1.54, 1.807) is 24.1 Å². The zero-order valence-corrected chi connectivity index (χ0v) is 16.2. The van der Waals surface area contributed by atoms with Crippen LogP contribution in [0.3, 0.4) is 0 Å². The molecule has 0 radical (unpaired) electrons. The van der Waals surface area contributed by atoms with Crippen LogP contribution in [0.2, 0.25) is 0 Å². The van der Waals surface area contributed by atoms with Gasteiger partial charge in [0, 0.05) is 24.7 Å². The van der Waals surface area contributed by atoms with Crippen LogP contribution < -0.4 is 4.74 Å². The van der Waals surface area contributed by atoms with E-state index in [1.165, 1.54) is 23.5 Å². The van der Waals surface area contributed by atoms with E-state index in [0.29, 0.717) is 17.2 Å². The van der Waals surface area contributed by atoms with Crippen LogP contribution in [0.25, 0.3) is 10.2 Å². The molecule has 27 heavy (non-hydrogen) atoms. The summed E-state index contributed by atoms with van der Waals surface area (Å²) < 4.78 is 28.8. The highest BCUT2D eigenvalue weighted by molar-refractivity contribution is 7.20. The molecular weight excluding hydrogens is 372 g/mol. The molecule has 3 aromatic rings. The van der Waals surface area contributed by atoms with Gasteiger partial charge in [0.25, 0.3) is 5.91 Å². The second-order valence-corrected chi connectivity index (χ2v) is 7.28. The lowest BCUT2D eigenvalue weighted by molar-refractivity contribution is -0.0498. The van der Waals surface area contributed by atoms with E-state index in [1.807, 2.05) is 20.8 Å². The number of hydrogen-bond acceptors (Lipinski definition) is 5. The van der Waals surface area contributed by atoms with E-state index in [9.17, 15) is 13.6 Å². The van der Waals surface area contributed by atoms with Crippen molar-refractivity contribution in [2.75, 3.05) is 7.05 Å². The van der Waals surface area contributed by atoms with Crippen LogP contribution in [0, 0.1) is 20.8 Å². The topological polar surface area (TPSA) is 55.3 Å². The molecule has 2 aromatic heterocycles. The van der Waals surface area contributed by atoms with Crippen LogP contribution in [0.5, 0.6) is 5.75 Å². The summed E-state index contributed by atoms with van der Waals surface area (Å²) in [4.78, 5) is 24.8. The molecule has 2 heterocycles. The lowest BCUT2D eigenvalue weighted by Crippen LogP contribution is -2.25. The number of aromatic nitrogens is 2. The van der Waals surface area contributed by atoms with Crippen molar-refractivity contribution in [2.45, 2.75) is 33.9 Å². The minimum atomic E-state index is -2.86. The van der Waals surface area contributed by atoms with E-state index in [-0.39, 0.29) is 11.7 Å². The van der Waals surface area contributed by atoms with Crippen molar-refractivity contribution in [3.05, 3.63) is 51.8 Å². The minimum absolute atomic E-state index is 0.0903. The van der Waals surface area contributed by atoms with Gasteiger partial charge in [-0.3, -0.25) is 4.79 Å². The molecule has 0 unspecified atom stereocenters. The first kappa shape index (κ1) is 19.2. The van der Waals surface area contributed by atoms with E-state index < -0.39 is 6.61 Å². The Kier molecular flexibility index (Phi) is 5.36. The summed E-state index contributed by atoms with van der Waals surface area (Å²) in [6.07, 6.45) is 0. The summed E-state index contributed by atoms with van der Waals surface area (Å²) in [6, 6.07) is 6.26. The fourth-order valence-corrected chi connectivity index (χ4v) is 4.25. The zero-order chi connectivity index (χ0) is 19.7. The third-order valence-corrected chi connectivity index (χ3v) is 5.37. The highest BCUT2D eigenvalue weighted by Crippen LogP contribution is 2.32. The number of carbonyl (C=O) groups is 1. The maximum Gasteiger partial charge on any atom is 0.387 e. The maximum atomic E-state index is 12.9. The number of halogens is 2. The minimum Gasteiger partial charge on any atom is -0.435 e. The van der Waals surface area contributed by atoms with Crippen molar-refractivity contribution < 1.29 is 18.3 Å². The highest BCUT2D eigenvalue weighted by Gasteiger charge is 2.21. The third-order valence-electron chi connectivity index (χ3n) is 4.19. The molecule has 3 rings (SSSR count). The van der Waals surface area contributed by atoms with Gasteiger partial charge in [0.1, 0.15) is 16.4 Å². The Labute approximate surface area is 159 Å². The van der Waals surface area contributed by atoms with Gasteiger partial charge in [0.2, 0.25) is 0 Å². The predicted molar refractivity (Wildman–Crippen MR) is 100 cm³/mol. The van der Waals surface area contributed by atoms with Gasteiger partial charge >= 0.3 is 6.61 Å². The second-order valence-electron chi connectivity index (χ2n) is 6.28. The number of fused-ring (bicyclic) bond motifs is 1. The lowest BCUT2D eigenvalue weighted by Gasteiger charge is -2.17. The molecule has 8 heteroatoms. The summed E-state index contributed by atoms with van der Waals surface area (Å²) in [5, 5.41) is 0.927. The average Bonchev–Trinajstić information content (AvgIpc) is 2.92. The number of rotatable bonds is 5. The number of aryl methyl sites for hydroxylation is 3. The Morgan fingerprint density at radius 3 is 2.48 bits per heavy atom. The number of ether oxygens (including phenoxy) is 1. The Balaban J connectivity index is 1.80. The molecule has 1 amide bonds. The second kappa shape index (κ2) is 7.56. The Bertz CT molecular complexity index is 987. The van der Waals surface area contributed by atoms with Crippen molar-refractivity contribution in [1.82, 2.24) is 14.9 Å². The van der Waals surface area contributed by atoms with E-state index in [4.69, 9.17) is 0 Å². The van der Waals surface area contributed by atoms with Crippen LogP contribution in [-0.2, 0) is 6.54 Å². The van der Waals surface area contributed by atoms with E-state index in [2.05, 4.69) is 14.7 Å². The molecule has 0 aliphatic rings. The van der Waals surface area contributed by atoms with Crippen LogP contribution in [0.1, 0.15) is 32.3 Å². The number of carbonyl (C=O) groups excluding carboxylic acids is 1. The quantitative estimate of drug-likeness (QED) is 0.643. The summed E-state index contributed by atoms with van der Waals surface area (Å²) in [5.74, 6) is 0.660. The maximum absolute atomic E-state index is 12.9. The fraction of sp³-hybridized carbons (Fsp3) is 0.316. The van der Waals surface area contributed by atoms with Gasteiger partial charge in [-0.05, 0) is 44.0 Å². The lowest BCUT2D eigenvalue weighted by atomic mass is 10.1. The SMILES string of the molecule is Cc1nc(C)c2c(C)c(C(=O)N(C)Cc3ccc(OC(F)F)cc3)sc2n1. The number of nitrogens with zero attached hydrogens (tertiary/aromatic N) is 3. The summed E-state index contributed by atoms with van der Waals surface area (Å²) in [6.45, 7) is 3.15. The normalized spacial score (nSPS) is 11.2. The number of hydrogen-bond donors (Lipinski definition) is 0. The Hall–Kier alpha value is -2.61. The van der Waals surface area contributed by atoms with Crippen LogP contribution in [0.15, 0.2) is 24.3 Å². The first-order chi connectivity index (χ1) is 12.8. The number of thiophene rings is 1. The van der Waals surface area contributed by atoms with Crippen LogP contribution in [0.4, 0.5) is 8.78 Å². The number of benzene rings is 1. The van der Waals surface area contributed by atoms with Gasteiger partial charge < -0.3 is 9.64 Å². The van der Waals surface area contributed by atoms with Crippen LogP contribution >= 0.6 is 11.3 Å². The highest BCUT2D eigenvalue weighted by atomic mass is 32.1. The van der Waals surface area contributed by atoms with Crippen molar-refractivity contribution in [3.8, 4) is 5.75 Å². The molecule has 142 valence electrons. The third kappa shape index (κ3) is 4.05. The van der Waals surface area contributed by atoms with Gasteiger partial charge in [-0.15, -0.1) is 11.3 Å². The van der Waals surface area contributed by atoms with Crippen molar-refractivity contribution in [3.63, 3.8) is 0 Å². The first-order valence-corrected chi connectivity index (χ1v) is 9.11. The monoisotopic (exact) mass is 391 g/mol. The molecule has 0 fully saturated rings. The Morgan fingerprint density at radius 2 is 1.85 bits per heavy atom. The molecule has 0 bridgehead atoms. The smallest absolute Gasteiger partial charge is 0.387 e. The molecule has 0 atom stereocenters. The van der Waals surface area contributed by atoms with Crippen molar-refractivity contribution in [2.24, 2.45) is 0 Å². The van der Waals surface area contributed by atoms with Crippen molar-refractivity contribution >= 4 is 27.5 Å². The standard InChI is InChI=1S/C19H19F2N3O2S/c1-10-15-11(2)22-12(3)23-17(15)27-16(10)18(25)24(4)9-13-5-7-14(8-6-13)26-19(20)21/h5-8,19H,9H2,1-4H3. The first-order valence-electron chi connectivity index (χ1n) is 8.30. The predicted octanol–water partition coefficient (Wildman–Crippen LogP) is 4.49. The van der Waals surface area contributed by atoms with Gasteiger partial charge in [-0.2, -0.15) is 8.78 Å². The molecule has 0 aliphatic carbocycles. The molecular formula is C19H19F2N3O2S. The van der Waals surface area contributed by atoms with E-state index >= 15 is 0 Å². The molecule has 0 spiro atoms. The number of amides is 1. The van der Waals surface area contributed by atoms with Gasteiger partial charge in [-0.1, -0.05) is 12.1 Å².